The largest absolute Gasteiger partial charge is 2.00 e. The summed E-state index contributed by atoms with van der Waals surface area (Å²) in [6.45, 7) is 20.2. The van der Waals surface area contributed by atoms with Crippen molar-refractivity contribution >= 4 is 56.1 Å². The monoisotopic (exact) mass is 1930 g/mol. The van der Waals surface area contributed by atoms with Crippen LogP contribution in [0, 0.1) is 0 Å². The van der Waals surface area contributed by atoms with Gasteiger partial charge in [-0.1, -0.05) is 72.8 Å². The number of esters is 2. The Balaban J connectivity index is 0.0000189. The summed E-state index contributed by atoms with van der Waals surface area (Å²) in [6, 6.07) is 39.6. The van der Waals surface area contributed by atoms with Gasteiger partial charge in [0.2, 0.25) is 0 Å². The molecule has 0 radical (unpaired) electrons. The summed E-state index contributed by atoms with van der Waals surface area (Å²) >= 11 is 0. The third-order valence-electron chi connectivity index (χ3n) is 19.3. The van der Waals surface area contributed by atoms with Crippen molar-refractivity contribution in [1.82, 2.24) is 39.9 Å². The zero-order valence-corrected chi connectivity index (χ0v) is 80.1. The number of methoxy groups -OCH3 is 2. The van der Waals surface area contributed by atoms with E-state index in [1.807, 2.05) is 72.8 Å². The molecule has 39 heteroatoms. The van der Waals surface area contributed by atoms with Gasteiger partial charge >= 0.3 is 31.4 Å². The first-order valence-electron chi connectivity index (χ1n) is 45.2. The summed E-state index contributed by atoms with van der Waals surface area (Å²) < 4.78 is 156. The van der Waals surface area contributed by atoms with Gasteiger partial charge in [-0.2, -0.15) is 0 Å². The minimum atomic E-state index is -0.565. The summed E-state index contributed by atoms with van der Waals surface area (Å²) in [5, 5.41) is 2.61. The maximum atomic E-state index is 13.4. The summed E-state index contributed by atoms with van der Waals surface area (Å²) in [5.74, 6) is 1.50. The predicted molar refractivity (Wildman–Crippen MR) is 489 cm³/mol. The number of carbonyl (C=O) groups is 2. The van der Waals surface area contributed by atoms with Gasteiger partial charge in [0.1, 0.15) is 24.7 Å². The molecule has 9 aromatic rings. The van der Waals surface area contributed by atoms with Gasteiger partial charge in [-0.25, -0.2) is 19.6 Å². The molecule has 0 amide bonds. The number of aromatic nitrogens is 8. The summed E-state index contributed by atoms with van der Waals surface area (Å²) in [4.78, 5) is 67.5. The van der Waals surface area contributed by atoms with Crippen molar-refractivity contribution in [2.24, 2.45) is 0 Å². The van der Waals surface area contributed by atoms with Crippen molar-refractivity contribution in [3.8, 4) is 68.5 Å². The molecule has 3 aromatic heterocycles. The predicted octanol–water partition coefficient (Wildman–Crippen LogP) is 9.68. The van der Waals surface area contributed by atoms with Crippen molar-refractivity contribution in [3.63, 3.8) is 0 Å². The molecule has 6 aromatic carbocycles. The minimum absolute atomic E-state index is 0. The van der Waals surface area contributed by atoms with E-state index in [9.17, 15) is 9.59 Å². The zero-order chi connectivity index (χ0) is 92.8. The maximum absolute atomic E-state index is 13.4. The van der Waals surface area contributed by atoms with Crippen LogP contribution < -0.4 is 19.4 Å². The van der Waals surface area contributed by atoms with E-state index in [1.165, 1.54) is 0 Å². The van der Waals surface area contributed by atoms with Crippen LogP contribution in [0.3, 0.4) is 0 Å². The van der Waals surface area contributed by atoms with Crippen LogP contribution in [0.2, 0.25) is 0 Å². The molecule has 0 N–H and O–H groups in total. The van der Waals surface area contributed by atoms with E-state index in [-0.39, 0.29) is 93.0 Å². The Hall–Kier alpha value is -9.12. The van der Waals surface area contributed by atoms with Gasteiger partial charge in [0.05, 0.1) is 338 Å². The molecule has 0 saturated heterocycles. The number of fused-ring (bicyclic) bond motifs is 20. The van der Waals surface area contributed by atoms with E-state index in [0.29, 0.717) is 334 Å². The fourth-order valence-electron chi connectivity index (χ4n) is 12.7. The Morgan fingerprint density at radius 1 is 0.222 bits per heavy atom. The first kappa shape index (κ1) is 108. The van der Waals surface area contributed by atoms with Crippen molar-refractivity contribution in [1.29, 1.82) is 0 Å². The smallest absolute Gasteiger partial charge is 0.460 e. The van der Waals surface area contributed by atoms with Gasteiger partial charge in [0, 0.05) is 59.1 Å². The van der Waals surface area contributed by atoms with Crippen LogP contribution in [-0.2, 0) is 143 Å². The first-order valence-corrected chi connectivity index (χ1v) is 45.2. The van der Waals surface area contributed by atoms with Gasteiger partial charge < -0.3 is 163 Å². The van der Waals surface area contributed by atoms with Crippen LogP contribution in [0.25, 0.3) is 89.7 Å². The fraction of sp³-hybridized carbons (Fsp3) is 0.521. The Morgan fingerprint density at radius 2 is 0.407 bits per heavy atom. The molecule has 0 spiro atoms. The van der Waals surface area contributed by atoms with Crippen LogP contribution in [-0.4, -0.2) is 373 Å². The Morgan fingerprint density at radius 3 is 0.615 bits per heavy atom. The van der Waals surface area contributed by atoms with Gasteiger partial charge in [-0.3, -0.25) is 0 Å². The standard InChI is InChI=1S/C96H124N8O30.Zn/c1-107-23-25-109-27-29-111-31-33-113-35-37-115-39-41-117-43-45-119-47-49-121-51-53-123-55-57-125-59-61-127-63-65-129-67-69-131-95(105)73-15-19-75(20-16-73)133-85-71-83-84(94-103-92-82-14-8-6-12-80(82)90(101-92)99-88-78-10-4-3-9-77(78)87(97-88)98-89-79-11-5-7-13-81(79)91(100-89)102-93(83)104-94)72-86(85)134-76-21-17-74(18-22-76)96(106)132-70-68-130-66-64-128-62-60-126-58-56-124-54-52-122-50-48-120-46-44-118-42-40-116-38-36-114-34-32-112-30-28-110-26-24-108-2;/h3-22,71-72H,23-70H2,1-2H3;/q-2;+2. The normalized spacial score (nSPS) is 11.7. The zero-order valence-electron chi connectivity index (χ0n) is 77.2. The van der Waals surface area contributed by atoms with Crippen molar-refractivity contribution < 1.29 is 162 Å². The number of nitrogens with zero attached hydrogens (tertiary/aromatic N) is 8. The summed E-state index contributed by atoms with van der Waals surface area (Å²) in [6.07, 6.45) is 0. The van der Waals surface area contributed by atoms with E-state index >= 15 is 0 Å². The quantitative estimate of drug-likeness (QED) is 0.0194. The van der Waals surface area contributed by atoms with Gasteiger partial charge in [-0.15, -0.1) is 0 Å². The molecule has 5 heterocycles. The van der Waals surface area contributed by atoms with E-state index in [1.54, 1.807) is 74.9 Å². The molecule has 2 aliphatic rings. The number of hydrogen-bond donors (Lipinski definition) is 0. The second kappa shape index (κ2) is 67.2. The van der Waals surface area contributed by atoms with E-state index in [2.05, 4.69) is 0 Å². The molecule has 8 bridgehead atoms. The molecule has 0 aliphatic carbocycles. The van der Waals surface area contributed by atoms with E-state index in [0.717, 1.165) is 33.0 Å². The average molecular weight is 1940 g/mol. The molecular weight excluding hydrogens is 1810 g/mol. The van der Waals surface area contributed by atoms with Crippen LogP contribution in [0.5, 0.6) is 23.0 Å². The van der Waals surface area contributed by atoms with E-state index < -0.39 is 11.9 Å². The number of ether oxygens (including phenoxy) is 28. The van der Waals surface area contributed by atoms with Crippen LogP contribution in [0.15, 0.2) is 133 Å². The fourth-order valence-corrected chi connectivity index (χ4v) is 12.7. The maximum Gasteiger partial charge on any atom is 2.00 e. The Kier molecular flexibility index (Phi) is 53.7. The molecule has 0 fully saturated rings. The SMILES string of the molecule is COCCOCCOCCOCCOCCOCCOCCOCCOCCOCCOCCOCCOC(=O)c1ccc(Oc2cc3c4nc5nc(nc6[n-]c(nc7nc(nc([n-]4)c3cc2Oc2ccc(C(=O)OCCOCCOCCOCCOCCOCCOCCOCCOCCOCCOCCOCCOC)cc2)-c2ccccc2-7)c2ccccc62)-c2ccccc2-5)cc1.[Zn+2]. The third-order valence-corrected chi connectivity index (χ3v) is 19.3. The molecule has 11 rings (SSSR count). The molecule has 0 atom stereocenters. The topological polar surface area (TPSA) is 398 Å². The van der Waals surface area contributed by atoms with Crippen LogP contribution >= 0.6 is 0 Å². The molecular formula is C96H124N8O30Zn. The average Bonchev–Trinajstić information content (AvgIpc) is 1.60. The van der Waals surface area contributed by atoms with Crippen molar-refractivity contribution in [3.05, 3.63) is 145 Å². The number of rotatable bonds is 78. The summed E-state index contributed by atoms with van der Waals surface area (Å²) in [7, 11) is 3.28. The number of benzene rings is 6. The van der Waals surface area contributed by atoms with Gasteiger partial charge in [-0.05, 0) is 82.2 Å². The van der Waals surface area contributed by atoms with Crippen molar-refractivity contribution in [2.45, 2.75) is 0 Å². The molecule has 38 nitrogen and oxygen atoms in total. The molecule has 135 heavy (non-hydrogen) atoms. The molecule has 0 unspecified atom stereocenters. The Labute approximate surface area is 798 Å². The molecule has 730 valence electrons. The van der Waals surface area contributed by atoms with Crippen LogP contribution in [0.4, 0.5) is 0 Å². The molecule has 2 aliphatic heterocycles. The van der Waals surface area contributed by atoms with Gasteiger partial charge in [0.15, 0.2) is 11.5 Å². The first-order chi connectivity index (χ1) is 66.4. The Bertz CT molecular complexity index is 4650. The van der Waals surface area contributed by atoms with Gasteiger partial charge in [0.25, 0.3) is 0 Å². The van der Waals surface area contributed by atoms with Crippen LogP contribution in [0.1, 0.15) is 20.7 Å². The summed E-state index contributed by atoms with van der Waals surface area (Å²) in [5.41, 5.74) is 4.86. The third kappa shape index (κ3) is 40.5. The van der Waals surface area contributed by atoms with Crippen molar-refractivity contribution in [2.75, 3.05) is 331 Å². The number of hydrogen-bond acceptors (Lipinski definition) is 36. The van der Waals surface area contributed by atoms with E-state index in [4.69, 9.17) is 173 Å². The minimum Gasteiger partial charge on any atom is -0.460 e. The second-order valence-corrected chi connectivity index (χ2v) is 28.9. The number of carbonyl (C=O) groups excluding carboxylic acids is 2. The molecule has 0 saturated carbocycles. The second-order valence-electron chi connectivity index (χ2n) is 28.9.